The molecule has 3 aromatic rings. The quantitative estimate of drug-likeness (QED) is 0.240. The van der Waals surface area contributed by atoms with E-state index in [1.54, 1.807) is 30.3 Å². The number of ether oxygens (including phenoxy) is 1. The summed E-state index contributed by atoms with van der Waals surface area (Å²) in [4.78, 5) is 13.3. The molecule has 2 bridgehead atoms. The number of halogens is 2. The van der Waals surface area contributed by atoms with E-state index in [2.05, 4.69) is 21.7 Å². The molecule has 2 saturated carbocycles. The number of thioether (sulfide) groups is 1. The summed E-state index contributed by atoms with van der Waals surface area (Å²) >= 11 is 8.66. The molecule has 2 aliphatic rings. The van der Waals surface area contributed by atoms with Gasteiger partial charge in [-0.25, -0.2) is 4.39 Å². The van der Waals surface area contributed by atoms with E-state index in [0.29, 0.717) is 26.1 Å². The number of carbonyl (C=O) groups is 1. The predicted molar refractivity (Wildman–Crippen MR) is 129 cm³/mol. The molecule has 5 nitrogen and oxygen atoms in total. The Morgan fingerprint density at radius 2 is 2.12 bits per heavy atom. The van der Waals surface area contributed by atoms with Crippen molar-refractivity contribution in [1.29, 1.82) is 0 Å². The molecular formula is C24H25ClFN3O2S2. The lowest BCUT2D eigenvalue weighted by Gasteiger charge is -2.30. The summed E-state index contributed by atoms with van der Waals surface area (Å²) in [5.74, 6) is 2.81. The molecule has 0 N–H and O–H groups in total. The maximum atomic E-state index is 14.1. The Morgan fingerprint density at radius 3 is 2.82 bits per heavy atom. The highest BCUT2D eigenvalue weighted by Gasteiger charge is 2.43. The van der Waals surface area contributed by atoms with E-state index in [4.69, 9.17) is 16.3 Å². The van der Waals surface area contributed by atoms with Crippen molar-refractivity contribution in [2.75, 3.05) is 5.75 Å². The third-order valence-corrected chi connectivity index (χ3v) is 9.14. The van der Waals surface area contributed by atoms with Crippen LogP contribution in [0.2, 0.25) is 4.34 Å². The van der Waals surface area contributed by atoms with E-state index >= 15 is 0 Å². The maximum Gasteiger partial charge on any atom is 0.192 e. The summed E-state index contributed by atoms with van der Waals surface area (Å²) in [5, 5.41) is 9.49. The van der Waals surface area contributed by atoms with Crippen molar-refractivity contribution in [2.45, 2.75) is 50.4 Å². The van der Waals surface area contributed by atoms with Gasteiger partial charge in [-0.1, -0.05) is 41.9 Å². The van der Waals surface area contributed by atoms with Crippen molar-refractivity contribution in [1.82, 2.24) is 14.8 Å². The number of nitrogens with zero attached hydrogens (tertiary/aromatic N) is 3. The number of fused-ring (bicyclic) bond motifs is 2. The smallest absolute Gasteiger partial charge is 0.192 e. The molecule has 5 rings (SSSR count). The zero-order chi connectivity index (χ0) is 22.9. The first kappa shape index (κ1) is 22.9. The molecule has 0 unspecified atom stereocenters. The molecule has 174 valence electrons. The summed E-state index contributed by atoms with van der Waals surface area (Å²) in [6.45, 7) is 2.33. The van der Waals surface area contributed by atoms with E-state index in [9.17, 15) is 9.18 Å². The van der Waals surface area contributed by atoms with Gasteiger partial charge in [0.1, 0.15) is 6.61 Å². The molecule has 33 heavy (non-hydrogen) atoms. The minimum Gasteiger partial charge on any atom is -0.483 e. The third-order valence-electron chi connectivity index (χ3n) is 6.93. The zero-order valence-corrected chi connectivity index (χ0v) is 20.6. The molecule has 2 aromatic heterocycles. The molecule has 0 radical (unpaired) electrons. The number of carbonyl (C=O) groups excluding carboxylic acids is 1. The van der Waals surface area contributed by atoms with Crippen LogP contribution in [-0.2, 0) is 6.61 Å². The van der Waals surface area contributed by atoms with E-state index in [-0.39, 0.29) is 29.9 Å². The van der Waals surface area contributed by atoms with Crippen LogP contribution >= 0.6 is 34.7 Å². The van der Waals surface area contributed by atoms with Gasteiger partial charge < -0.3 is 4.74 Å². The van der Waals surface area contributed by atoms with Crippen LogP contribution in [0.5, 0.6) is 5.75 Å². The van der Waals surface area contributed by atoms with Crippen LogP contribution in [-0.4, -0.2) is 26.3 Å². The lowest BCUT2D eigenvalue weighted by molar-refractivity contribution is 0.102. The van der Waals surface area contributed by atoms with E-state index < -0.39 is 5.82 Å². The summed E-state index contributed by atoms with van der Waals surface area (Å²) in [6, 6.07) is 10.0. The van der Waals surface area contributed by atoms with Crippen LogP contribution in [0.3, 0.4) is 0 Å². The van der Waals surface area contributed by atoms with E-state index in [1.807, 2.05) is 0 Å². The molecule has 1 aromatic carbocycles. The molecule has 9 heteroatoms. The fourth-order valence-electron chi connectivity index (χ4n) is 5.36. The molecule has 0 saturated heterocycles. The van der Waals surface area contributed by atoms with Crippen LogP contribution in [0.4, 0.5) is 4.39 Å². The average Bonchev–Trinajstić information content (AvgIpc) is 3.60. The molecule has 0 spiro atoms. The predicted octanol–water partition coefficient (Wildman–Crippen LogP) is 6.68. The van der Waals surface area contributed by atoms with Gasteiger partial charge in [0.05, 0.1) is 15.0 Å². The Labute approximate surface area is 205 Å². The number of para-hydroxylation sites is 1. The van der Waals surface area contributed by atoms with Gasteiger partial charge in [-0.15, -0.1) is 21.5 Å². The fourth-order valence-corrected chi connectivity index (χ4v) is 7.36. The first-order chi connectivity index (χ1) is 16.0. The van der Waals surface area contributed by atoms with Crippen LogP contribution in [0, 0.1) is 23.6 Å². The first-order valence-corrected chi connectivity index (χ1v) is 13.4. The van der Waals surface area contributed by atoms with Crippen LogP contribution in [0.25, 0.3) is 0 Å². The highest BCUT2D eigenvalue weighted by molar-refractivity contribution is 7.99. The molecule has 2 aliphatic carbocycles. The largest absolute Gasteiger partial charge is 0.483 e. The Kier molecular flexibility index (Phi) is 6.77. The Balaban J connectivity index is 1.36. The van der Waals surface area contributed by atoms with Gasteiger partial charge in [0.25, 0.3) is 0 Å². The average molecular weight is 506 g/mol. The minimum atomic E-state index is -0.403. The maximum absolute atomic E-state index is 14.1. The number of aromatic nitrogens is 3. The Bertz CT molecular complexity index is 1150. The lowest BCUT2D eigenvalue weighted by Crippen LogP contribution is -2.24. The van der Waals surface area contributed by atoms with E-state index in [1.165, 1.54) is 54.8 Å². The topological polar surface area (TPSA) is 57.0 Å². The lowest BCUT2D eigenvalue weighted by atomic mass is 9.84. The van der Waals surface area contributed by atoms with Crippen molar-refractivity contribution >= 4 is 40.5 Å². The molecule has 0 amide bonds. The van der Waals surface area contributed by atoms with Gasteiger partial charge in [0.15, 0.2) is 28.3 Å². The minimum absolute atomic E-state index is 0.0168. The molecule has 0 aliphatic heterocycles. The number of Topliss-reactive ketones (excluding diaryl/α,β-unsaturated/α-hetero) is 1. The van der Waals surface area contributed by atoms with Gasteiger partial charge in [-0.3, -0.25) is 9.36 Å². The number of rotatable bonds is 9. The van der Waals surface area contributed by atoms with Gasteiger partial charge >= 0.3 is 0 Å². The van der Waals surface area contributed by atoms with Crippen molar-refractivity contribution in [3.05, 3.63) is 57.3 Å². The second-order valence-corrected chi connectivity index (χ2v) is 11.5. The molecule has 4 atom stereocenters. The highest BCUT2D eigenvalue weighted by atomic mass is 35.5. The van der Waals surface area contributed by atoms with Gasteiger partial charge in [-0.05, 0) is 68.2 Å². The van der Waals surface area contributed by atoms with Gasteiger partial charge in [-0.2, -0.15) is 0 Å². The normalized spacial score (nSPS) is 22.6. The number of hydrogen-bond acceptors (Lipinski definition) is 6. The van der Waals surface area contributed by atoms with E-state index in [0.717, 1.165) is 11.8 Å². The fraction of sp³-hybridized carbons (Fsp3) is 0.458. The van der Waals surface area contributed by atoms with Crippen LogP contribution < -0.4 is 4.74 Å². The highest BCUT2D eigenvalue weighted by Crippen LogP contribution is 2.52. The van der Waals surface area contributed by atoms with Crippen molar-refractivity contribution in [3.63, 3.8) is 0 Å². The number of thiophene rings is 1. The molecule has 2 fully saturated rings. The number of hydrogen-bond donors (Lipinski definition) is 0. The van der Waals surface area contributed by atoms with Crippen molar-refractivity contribution < 1.29 is 13.9 Å². The number of benzene rings is 1. The number of ketones is 1. The second kappa shape index (κ2) is 9.76. The first-order valence-electron chi connectivity index (χ1n) is 11.2. The zero-order valence-electron chi connectivity index (χ0n) is 18.2. The second-order valence-electron chi connectivity index (χ2n) is 8.88. The summed E-state index contributed by atoms with van der Waals surface area (Å²) in [7, 11) is 0. The van der Waals surface area contributed by atoms with Crippen LogP contribution in [0.1, 0.15) is 54.1 Å². The molecular weight excluding hydrogens is 481 g/mol. The summed E-state index contributed by atoms with van der Waals surface area (Å²) < 4.78 is 22.5. The standard InChI is InChI=1S/C24H25ClFN3O2S2/c1-14(17-11-15-6-7-16(17)10-15)29-23(12-31-20-5-3-2-4-18(20)26)27-28-24(29)32-13-19(30)21-8-9-22(25)33-21/h2-5,8-9,14-17H,6-7,10-13H2,1H3/t14-,15-,16-,17-/m0/s1. The van der Waals surface area contributed by atoms with Gasteiger partial charge in [0, 0.05) is 6.04 Å². The SMILES string of the molecule is C[C@@H]([C@@H]1C[C@H]2CC[C@H]1C2)n1c(COc2ccccc2F)nnc1SCC(=O)c1ccc(Cl)s1. The summed E-state index contributed by atoms with van der Waals surface area (Å²) in [6.07, 6.45) is 5.13. The molecule has 2 heterocycles. The summed E-state index contributed by atoms with van der Waals surface area (Å²) in [5.41, 5.74) is 0. The van der Waals surface area contributed by atoms with Crippen molar-refractivity contribution in [2.24, 2.45) is 17.8 Å². The van der Waals surface area contributed by atoms with Crippen LogP contribution in [0.15, 0.2) is 41.6 Å². The Morgan fingerprint density at radius 1 is 1.27 bits per heavy atom. The third kappa shape index (κ3) is 4.84. The monoisotopic (exact) mass is 505 g/mol. The Hall–Kier alpha value is -1.90. The van der Waals surface area contributed by atoms with Crippen molar-refractivity contribution in [3.8, 4) is 5.75 Å². The van der Waals surface area contributed by atoms with Gasteiger partial charge in [0.2, 0.25) is 0 Å².